The van der Waals surface area contributed by atoms with Crippen molar-refractivity contribution >= 4 is 5.91 Å². The van der Waals surface area contributed by atoms with Crippen LogP contribution in [0.4, 0.5) is 0 Å². The summed E-state index contributed by atoms with van der Waals surface area (Å²) in [6.07, 6.45) is 0.477. The van der Waals surface area contributed by atoms with E-state index in [0.717, 1.165) is 0 Å². The molecule has 0 saturated carbocycles. The summed E-state index contributed by atoms with van der Waals surface area (Å²) in [7, 11) is 1.73. The second-order valence-corrected chi connectivity index (χ2v) is 2.35. The van der Waals surface area contributed by atoms with Crippen LogP contribution in [0.15, 0.2) is 0 Å². The fourth-order valence-corrected chi connectivity index (χ4v) is 0.700. The van der Waals surface area contributed by atoms with E-state index in [1.54, 1.807) is 14.0 Å². The molecule has 1 N–H and O–H groups in total. The van der Waals surface area contributed by atoms with Gasteiger partial charge in [-0.2, -0.15) is 0 Å². The second kappa shape index (κ2) is 3.80. The Hall–Kier alpha value is -1.46. The number of nitrogens with one attached hydrogen (secondary N) is 1. The van der Waals surface area contributed by atoms with Crippen molar-refractivity contribution in [2.75, 3.05) is 0 Å². The van der Waals surface area contributed by atoms with Crippen LogP contribution >= 0.6 is 0 Å². The zero-order valence-corrected chi connectivity index (χ0v) is 7.11. The van der Waals surface area contributed by atoms with Gasteiger partial charge in [0.25, 0.3) is 0 Å². The lowest BCUT2D eigenvalue weighted by Gasteiger charge is -2.00. The number of amides is 1. The van der Waals surface area contributed by atoms with E-state index >= 15 is 0 Å². The zero-order valence-electron chi connectivity index (χ0n) is 7.11. The molecule has 0 aliphatic heterocycles. The smallest absolute Gasteiger partial charge is 0.220 e. The summed E-state index contributed by atoms with van der Waals surface area (Å²) in [6.45, 7) is 2.18. The highest BCUT2D eigenvalue weighted by Crippen LogP contribution is 1.87. The third-order valence-corrected chi connectivity index (χ3v) is 1.47. The minimum absolute atomic E-state index is 0.00185. The fourth-order valence-electron chi connectivity index (χ4n) is 0.700. The number of tetrazole rings is 1. The van der Waals surface area contributed by atoms with E-state index in [9.17, 15) is 4.79 Å². The molecule has 12 heavy (non-hydrogen) atoms. The molecule has 0 aliphatic rings. The Kier molecular flexibility index (Phi) is 2.73. The predicted octanol–water partition coefficient (Wildman–Crippen LogP) is -0.764. The lowest BCUT2D eigenvalue weighted by atomic mass is 10.4. The van der Waals surface area contributed by atoms with Gasteiger partial charge in [0.15, 0.2) is 5.82 Å². The van der Waals surface area contributed by atoms with Crippen LogP contribution in [0.25, 0.3) is 0 Å². The number of hydrogen-bond donors (Lipinski definition) is 1. The largest absolute Gasteiger partial charge is 0.349 e. The molecule has 0 aromatic carbocycles. The third kappa shape index (κ3) is 2.01. The fraction of sp³-hybridized carbons (Fsp3) is 0.667. The molecule has 66 valence electrons. The first-order valence-electron chi connectivity index (χ1n) is 3.72. The van der Waals surface area contributed by atoms with Crippen molar-refractivity contribution in [1.82, 2.24) is 25.5 Å². The lowest BCUT2D eigenvalue weighted by molar-refractivity contribution is -0.120. The molecule has 1 heterocycles. The quantitative estimate of drug-likeness (QED) is 0.645. The minimum Gasteiger partial charge on any atom is -0.349 e. The molecule has 0 aliphatic carbocycles. The minimum atomic E-state index is -0.00185. The maximum absolute atomic E-state index is 10.8. The van der Waals surface area contributed by atoms with E-state index in [1.165, 1.54) is 4.68 Å². The van der Waals surface area contributed by atoms with Crippen molar-refractivity contribution in [3.63, 3.8) is 0 Å². The van der Waals surface area contributed by atoms with E-state index in [0.29, 0.717) is 18.8 Å². The first-order valence-corrected chi connectivity index (χ1v) is 3.72. The average molecular weight is 169 g/mol. The van der Waals surface area contributed by atoms with Gasteiger partial charge in [0.05, 0.1) is 6.54 Å². The molecule has 1 aromatic rings. The van der Waals surface area contributed by atoms with E-state index < -0.39 is 0 Å². The van der Waals surface area contributed by atoms with Gasteiger partial charge in [0.1, 0.15) is 0 Å². The molecule has 1 amide bonds. The average Bonchev–Trinajstić information content (AvgIpc) is 2.47. The van der Waals surface area contributed by atoms with Gasteiger partial charge in [-0.3, -0.25) is 4.79 Å². The SMILES string of the molecule is CCC(=O)NCc1nnnn1C. The molecule has 0 spiro atoms. The van der Waals surface area contributed by atoms with Crippen molar-refractivity contribution in [2.24, 2.45) is 7.05 Å². The van der Waals surface area contributed by atoms with Crippen molar-refractivity contribution in [1.29, 1.82) is 0 Å². The lowest BCUT2D eigenvalue weighted by Crippen LogP contribution is -2.23. The van der Waals surface area contributed by atoms with Crippen molar-refractivity contribution < 1.29 is 4.79 Å². The van der Waals surface area contributed by atoms with Gasteiger partial charge in [-0.1, -0.05) is 6.92 Å². The van der Waals surface area contributed by atoms with Gasteiger partial charge in [-0.05, 0) is 10.4 Å². The Balaban J connectivity index is 2.43. The monoisotopic (exact) mass is 169 g/mol. The number of aryl methyl sites for hydroxylation is 1. The summed E-state index contributed by atoms with van der Waals surface area (Å²) in [5.41, 5.74) is 0. The summed E-state index contributed by atoms with van der Waals surface area (Å²) >= 11 is 0. The van der Waals surface area contributed by atoms with E-state index in [-0.39, 0.29) is 5.91 Å². The third-order valence-electron chi connectivity index (χ3n) is 1.47. The van der Waals surface area contributed by atoms with Crippen LogP contribution in [0.1, 0.15) is 19.2 Å². The van der Waals surface area contributed by atoms with Crippen LogP contribution in [-0.2, 0) is 18.4 Å². The van der Waals surface area contributed by atoms with Crippen molar-refractivity contribution in [3.8, 4) is 0 Å². The molecule has 6 nitrogen and oxygen atoms in total. The number of rotatable bonds is 3. The Morgan fingerprint density at radius 2 is 2.42 bits per heavy atom. The molecule has 0 fully saturated rings. The number of aromatic nitrogens is 4. The number of carbonyl (C=O) groups excluding carboxylic acids is 1. The van der Waals surface area contributed by atoms with Gasteiger partial charge in [0, 0.05) is 13.5 Å². The highest BCUT2D eigenvalue weighted by atomic mass is 16.1. The first kappa shape index (κ1) is 8.63. The van der Waals surface area contributed by atoms with Gasteiger partial charge < -0.3 is 5.32 Å². The summed E-state index contributed by atoms with van der Waals surface area (Å²) in [5.74, 6) is 0.648. The van der Waals surface area contributed by atoms with E-state index in [4.69, 9.17) is 0 Å². The van der Waals surface area contributed by atoms with Crippen LogP contribution in [0.5, 0.6) is 0 Å². The summed E-state index contributed by atoms with van der Waals surface area (Å²) < 4.78 is 1.52. The molecular weight excluding hydrogens is 158 g/mol. The summed E-state index contributed by atoms with van der Waals surface area (Å²) in [5, 5.41) is 13.4. The highest BCUT2D eigenvalue weighted by Gasteiger charge is 2.02. The van der Waals surface area contributed by atoms with Gasteiger partial charge >= 0.3 is 0 Å². The van der Waals surface area contributed by atoms with Crippen molar-refractivity contribution in [3.05, 3.63) is 5.82 Å². The summed E-state index contributed by atoms with van der Waals surface area (Å²) in [6, 6.07) is 0. The Bertz CT molecular complexity index is 269. The molecule has 0 unspecified atom stereocenters. The molecule has 0 saturated heterocycles. The maximum atomic E-state index is 10.8. The predicted molar refractivity (Wildman–Crippen MR) is 40.9 cm³/mol. The normalized spacial score (nSPS) is 9.83. The Morgan fingerprint density at radius 3 is 2.92 bits per heavy atom. The topological polar surface area (TPSA) is 72.7 Å². The van der Waals surface area contributed by atoms with Gasteiger partial charge in [-0.15, -0.1) is 5.10 Å². The molecule has 1 rings (SSSR count). The number of hydrogen-bond acceptors (Lipinski definition) is 4. The molecule has 0 radical (unpaired) electrons. The highest BCUT2D eigenvalue weighted by molar-refractivity contribution is 5.75. The van der Waals surface area contributed by atoms with Crippen LogP contribution in [-0.4, -0.2) is 26.1 Å². The van der Waals surface area contributed by atoms with Crippen molar-refractivity contribution in [2.45, 2.75) is 19.9 Å². The van der Waals surface area contributed by atoms with Crippen LogP contribution in [0, 0.1) is 0 Å². The molecule has 1 aromatic heterocycles. The van der Waals surface area contributed by atoms with E-state index in [1.807, 2.05) is 0 Å². The Labute approximate surface area is 70.0 Å². The standard InChI is InChI=1S/C6H11N5O/c1-3-6(12)7-4-5-8-9-10-11(5)2/h3-4H2,1-2H3,(H,7,12). The number of carbonyl (C=O) groups is 1. The molecule has 0 bridgehead atoms. The molecule has 0 atom stereocenters. The van der Waals surface area contributed by atoms with Crippen LogP contribution in [0.2, 0.25) is 0 Å². The zero-order chi connectivity index (χ0) is 8.97. The second-order valence-electron chi connectivity index (χ2n) is 2.35. The van der Waals surface area contributed by atoms with Crippen LogP contribution < -0.4 is 5.32 Å². The number of nitrogens with zero attached hydrogens (tertiary/aromatic N) is 4. The molecule has 6 heteroatoms. The van der Waals surface area contributed by atoms with E-state index in [2.05, 4.69) is 20.8 Å². The molecular formula is C6H11N5O. The maximum Gasteiger partial charge on any atom is 0.220 e. The van der Waals surface area contributed by atoms with Gasteiger partial charge in [0.2, 0.25) is 5.91 Å². The van der Waals surface area contributed by atoms with Crippen LogP contribution in [0.3, 0.4) is 0 Å². The first-order chi connectivity index (χ1) is 5.74. The summed E-state index contributed by atoms with van der Waals surface area (Å²) in [4.78, 5) is 10.8. The van der Waals surface area contributed by atoms with Gasteiger partial charge in [-0.25, -0.2) is 4.68 Å². The Morgan fingerprint density at radius 1 is 1.67 bits per heavy atom.